The summed E-state index contributed by atoms with van der Waals surface area (Å²) in [6.07, 6.45) is -1.32. The molecule has 0 aromatic rings. The molecule has 1 aliphatic heterocycles. The normalized spacial score (nSPS) is 18.5. The lowest BCUT2D eigenvalue weighted by Crippen LogP contribution is -2.18. The van der Waals surface area contributed by atoms with Gasteiger partial charge in [-0.3, -0.25) is 4.79 Å². The van der Waals surface area contributed by atoms with Crippen molar-refractivity contribution in [2.24, 2.45) is 0 Å². The van der Waals surface area contributed by atoms with Crippen LogP contribution in [0.1, 0.15) is 6.92 Å². The second-order valence-corrected chi connectivity index (χ2v) is 1.75. The number of rotatable bonds is 1. The third kappa shape index (κ3) is 0.975. The number of hydrogen-bond donors (Lipinski definition) is 0. The van der Waals surface area contributed by atoms with E-state index in [1.165, 1.54) is 0 Å². The SMILES string of the molecule is CC(=O)C1OC(=O)C(=O)O1. The second kappa shape index (κ2) is 2.09. The maximum absolute atomic E-state index is 10.4. The van der Waals surface area contributed by atoms with Crippen LogP contribution in [0.3, 0.4) is 0 Å². The van der Waals surface area contributed by atoms with Gasteiger partial charge in [0.15, 0.2) is 0 Å². The Morgan fingerprint density at radius 3 is 1.90 bits per heavy atom. The summed E-state index contributed by atoms with van der Waals surface area (Å²) in [6, 6.07) is 0. The van der Waals surface area contributed by atoms with Crippen molar-refractivity contribution >= 4 is 17.7 Å². The van der Waals surface area contributed by atoms with Crippen LogP contribution in [0, 0.1) is 0 Å². The zero-order valence-electron chi connectivity index (χ0n) is 5.12. The molecule has 5 nitrogen and oxygen atoms in total. The summed E-state index contributed by atoms with van der Waals surface area (Å²) in [6.45, 7) is 1.16. The minimum Gasteiger partial charge on any atom is -0.409 e. The monoisotopic (exact) mass is 144 g/mol. The lowest BCUT2D eigenvalue weighted by molar-refractivity contribution is -0.154. The fourth-order valence-corrected chi connectivity index (χ4v) is 0.481. The third-order valence-electron chi connectivity index (χ3n) is 0.927. The summed E-state index contributed by atoms with van der Waals surface area (Å²) in [4.78, 5) is 30.9. The number of carbonyl (C=O) groups is 3. The second-order valence-electron chi connectivity index (χ2n) is 1.75. The van der Waals surface area contributed by atoms with Crippen LogP contribution in [0.15, 0.2) is 0 Å². The summed E-state index contributed by atoms with van der Waals surface area (Å²) >= 11 is 0. The smallest absolute Gasteiger partial charge is 0.409 e. The predicted molar refractivity (Wildman–Crippen MR) is 26.7 cm³/mol. The van der Waals surface area contributed by atoms with Gasteiger partial charge in [0, 0.05) is 6.92 Å². The van der Waals surface area contributed by atoms with Crippen molar-refractivity contribution in [3.8, 4) is 0 Å². The van der Waals surface area contributed by atoms with Crippen molar-refractivity contribution < 1.29 is 23.9 Å². The largest absolute Gasteiger partial charge is 0.421 e. The van der Waals surface area contributed by atoms with E-state index in [9.17, 15) is 14.4 Å². The first kappa shape index (κ1) is 6.73. The highest BCUT2D eigenvalue weighted by Gasteiger charge is 2.36. The van der Waals surface area contributed by atoms with Gasteiger partial charge < -0.3 is 9.47 Å². The molecule has 0 aromatic heterocycles. The summed E-state index contributed by atoms with van der Waals surface area (Å²) in [5.41, 5.74) is 0. The quantitative estimate of drug-likeness (QED) is 0.348. The molecule has 1 fully saturated rings. The number of cyclic esters (lactones) is 2. The van der Waals surface area contributed by atoms with E-state index in [-0.39, 0.29) is 0 Å². The highest BCUT2D eigenvalue weighted by atomic mass is 16.8. The zero-order valence-corrected chi connectivity index (χ0v) is 5.12. The van der Waals surface area contributed by atoms with Gasteiger partial charge in [-0.15, -0.1) is 0 Å². The Morgan fingerprint density at radius 2 is 1.70 bits per heavy atom. The van der Waals surface area contributed by atoms with E-state index < -0.39 is 24.0 Å². The van der Waals surface area contributed by atoms with Crippen LogP contribution in [-0.4, -0.2) is 24.0 Å². The Labute approximate surface area is 55.9 Å². The fourth-order valence-electron chi connectivity index (χ4n) is 0.481. The van der Waals surface area contributed by atoms with E-state index >= 15 is 0 Å². The van der Waals surface area contributed by atoms with Gasteiger partial charge in [0.25, 0.3) is 0 Å². The molecule has 0 aliphatic carbocycles. The van der Waals surface area contributed by atoms with Gasteiger partial charge in [-0.05, 0) is 0 Å². The standard InChI is InChI=1S/C5H4O5/c1-2(6)5-9-3(7)4(8)10-5/h5H,1H3. The summed E-state index contributed by atoms with van der Waals surface area (Å²) in [7, 11) is 0. The molecular weight excluding hydrogens is 140 g/mol. The van der Waals surface area contributed by atoms with Gasteiger partial charge in [-0.2, -0.15) is 0 Å². The third-order valence-corrected chi connectivity index (χ3v) is 0.927. The van der Waals surface area contributed by atoms with E-state index in [2.05, 4.69) is 9.47 Å². The van der Waals surface area contributed by atoms with Crippen molar-refractivity contribution in [1.29, 1.82) is 0 Å². The maximum atomic E-state index is 10.4. The summed E-state index contributed by atoms with van der Waals surface area (Å²) in [5.74, 6) is -2.72. The number of ketones is 1. The molecule has 0 radical (unpaired) electrons. The van der Waals surface area contributed by atoms with Gasteiger partial charge in [0.1, 0.15) is 0 Å². The molecule has 0 atom stereocenters. The average Bonchev–Trinajstić information content (AvgIpc) is 2.13. The molecule has 10 heavy (non-hydrogen) atoms. The molecule has 0 bridgehead atoms. The van der Waals surface area contributed by atoms with Gasteiger partial charge in [-0.1, -0.05) is 0 Å². The molecule has 0 unspecified atom stereocenters. The number of ether oxygens (including phenoxy) is 2. The van der Waals surface area contributed by atoms with E-state index in [1.54, 1.807) is 0 Å². The molecule has 0 aromatic carbocycles. The van der Waals surface area contributed by atoms with Crippen LogP contribution in [0.2, 0.25) is 0 Å². The van der Waals surface area contributed by atoms with Crippen molar-refractivity contribution in [2.75, 3.05) is 0 Å². The van der Waals surface area contributed by atoms with Crippen molar-refractivity contribution in [3.63, 3.8) is 0 Å². The average molecular weight is 144 g/mol. The van der Waals surface area contributed by atoms with Crippen LogP contribution >= 0.6 is 0 Å². The topological polar surface area (TPSA) is 69.7 Å². The molecule has 1 rings (SSSR count). The van der Waals surface area contributed by atoms with Crippen LogP contribution in [0.4, 0.5) is 0 Å². The van der Waals surface area contributed by atoms with Gasteiger partial charge in [-0.25, -0.2) is 9.59 Å². The summed E-state index contributed by atoms with van der Waals surface area (Å²) < 4.78 is 8.35. The number of Topliss-reactive ketones (excluding diaryl/α,β-unsaturated/α-hetero) is 1. The Kier molecular flexibility index (Phi) is 1.41. The van der Waals surface area contributed by atoms with Crippen LogP contribution in [0.25, 0.3) is 0 Å². The van der Waals surface area contributed by atoms with Crippen molar-refractivity contribution in [3.05, 3.63) is 0 Å². The number of carbonyl (C=O) groups excluding carboxylic acids is 3. The van der Waals surface area contributed by atoms with Crippen LogP contribution in [0.5, 0.6) is 0 Å². The Hall–Kier alpha value is -1.39. The van der Waals surface area contributed by atoms with Gasteiger partial charge in [0.05, 0.1) is 0 Å². The molecule has 5 heteroatoms. The number of hydrogen-bond acceptors (Lipinski definition) is 5. The molecule has 1 aliphatic rings. The van der Waals surface area contributed by atoms with Gasteiger partial charge >= 0.3 is 18.2 Å². The lowest BCUT2D eigenvalue weighted by atomic mass is 10.4. The molecule has 0 spiro atoms. The van der Waals surface area contributed by atoms with Crippen molar-refractivity contribution in [2.45, 2.75) is 13.2 Å². The Morgan fingerprint density at radius 1 is 1.30 bits per heavy atom. The first-order valence-electron chi connectivity index (χ1n) is 2.53. The van der Waals surface area contributed by atoms with Crippen molar-refractivity contribution in [1.82, 2.24) is 0 Å². The van der Waals surface area contributed by atoms with E-state index in [0.717, 1.165) is 6.92 Å². The minimum absolute atomic E-state index is 0.501. The molecule has 1 saturated heterocycles. The van der Waals surface area contributed by atoms with E-state index in [1.807, 2.05) is 0 Å². The molecule has 54 valence electrons. The first-order valence-corrected chi connectivity index (χ1v) is 2.53. The molecular formula is C5H4O5. The molecule has 0 amide bonds. The molecule has 1 heterocycles. The van der Waals surface area contributed by atoms with Gasteiger partial charge in [0.2, 0.25) is 5.78 Å². The van der Waals surface area contributed by atoms with E-state index in [0.29, 0.717) is 0 Å². The highest BCUT2D eigenvalue weighted by Crippen LogP contribution is 2.06. The minimum atomic E-state index is -1.32. The maximum Gasteiger partial charge on any atom is 0.421 e. The van der Waals surface area contributed by atoms with Crippen LogP contribution in [-0.2, 0) is 23.9 Å². The Bertz CT molecular complexity index is 190. The fraction of sp³-hybridized carbons (Fsp3) is 0.400. The molecule has 0 N–H and O–H groups in total. The number of esters is 2. The lowest BCUT2D eigenvalue weighted by Gasteiger charge is -1.99. The highest BCUT2D eigenvalue weighted by molar-refractivity contribution is 6.31. The Balaban J connectivity index is 2.66. The predicted octanol–water partition coefficient (Wildman–Crippen LogP) is -0.999. The molecule has 0 saturated carbocycles. The van der Waals surface area contributed by atoms with E-state index in [4.69, 9.17) is 0 Å². The summed E-state index contributed by atoms with van der Waals surface area (Å²) in [5, 5.41) is 0. The van der Waals surface area contributed by atoms with Crippen LogP contribution < -0.4 is 0 Å². The first-order chi connectivity index (χ1) is 4.61. The zero-order chi connectivity index (χ0) is 7.72.